The van der Waals surface area contributed by atoms with Crippen molar-refractivity contribution in [2.75, 3.05) is 13.2 Å². The topological polar surface area (TPSA) is 80.1 Å². The molecule has 1 atom stereocenters. The molecule has 0 saturated carbocycles. The number of halogens is 2. The molecule has 0 N–H and O–H groups in total. The molecule has 1 saturated heterocycles. The Morgan fingerprint density at radius 3 is 2.84 bits per heavy atom. The van der Waals surface area contributed by atoms with Crippen LogP contribution in [-0.2, 0) is 15.9 Å². The van der Waals surface area contributed by atoms with Crippen LogP contribution in [0.3, 0.4) is 0 Å². The number of azide groups is 1. The van der Waals surface area contributed by atoms with Gasteiger partial charge in [-0.05, 0) is 35.2 Å². The first-order valence-corrected chi connectivity index (χ1v) is 9.43. The Bertz CT molecular complexity index is 801. The van der Waals surface area contributed by atoms with E-state index in [2.05, 4.69) is 21.9 Å². The van der Waals surface area contributed by atoms with Crippen molar-refractivity contribution >= 4 is 34.5 Å². The van der Waals surface area contributed by atoms with Crippen LogP contribution in [0.25, 0.3) is 10.4 Å². The van der Waals surface area contributed by atoms with E-state index in [9.17, 15) is 0 Å². The van der Waals surface area contributed by atoms with Crippen LogP contribution in [0.15, 0.2) is 23.3 Å². The van der Waals surface area contributed by atoms with Gasteiger partial charge in [-0.2, -0.15) is 0 Å². The maximum Gasteiger partial charge on any atom is 0.193 e. The smallest absolute Gasteiger partial charge is 0.193 e. The van der Waals surface area contributed by atoms with Crippen molar-refractivity contribution in [3.8, 4) is 0 Å². The summed E-state index contributed by atoms with van der Waals surface area (Å²) in [7, 11) is 0. The minimum atomic E-state index is -0.649. The first kappa shape index (κ1) is 18.5. The van der Waals surface area contributed by atoms with Crippen LogP contribution in [0.2, 0.25) is 9.49 Å². The third-order valence-corrected chi connectivity index (χ3v) is 5.43. The third kappa shape index (κ3) is 4.08. The van der Waals surface area contributed by atoms with Gasteiger partial charge in [-0.15, -0.1) is 11.3 Å². The molecule has 0 amide bonds. The molecule has 9 heteroatoms. The number of aromatic nitrogens is 1. The fraction of sp³-hybridized carbons (Fsp3) is 0.438. The van der Waals surface area contributed by atoms with Crippen molar-refractivity contribution in [1.82, 2.24) is 4.98 Å². The van der Waals surface area contributed by atoms with Gasteiger partial charge in [0.25, 0.3) is 0 Å². The van der Waals surface area contributed by atoms with Gasteiger partial charge in [0, 0.05) is 4.91 Å². The van der Waals surface area contributed by atoms with E-state index in [0.717, 1.165) is 23.3 Å². The lowest BCUT2D eigenvalue weighted by Gasteiger charge is -2.15. The molecule has 0 spiro atoms. The summed E-state index contributed by atoms with van der Waals surface area (Å²) in [5, 5.41) is 4.30. The lowest BCUT2D eigenvalue weighted by molar-refractivity contribution is -0.0413. The van der Waals surface area contributed by atoms with Crippen molar-refractivity contribution in [3.05, 3.63) is 59.8 Å². The molecule has 1 aliphatic heterocycles. The van der Waals surface area contributed by atoms with Crippen LogP contribution >= 0.6 is 34.5 Å². The molecule has 3 rings (SSSR count). The second kappa shape index (κ2) is 8.36. The summed E-state index contributed by atoms with van der Waals surface area (Å²) in [4.78, 5) is 8.25. The Morgan fingerprint density at radius 1 is 1.40 bits per heavy atom. The van der Waals surface area contributed by atoms with Gasteiger partial charge in [-0.1, -0.05) is 47.7 Å². The van der Waals surface area contributed by atoms with Crippen molar-refractivity contribution in [3.63, 3.8) is 0 Å². The average molecular weight is 399 g/mol. The predicted molar refractivity (Wildman–Crippen MR) is 98.2 cm³/mol. The van der Waals surface area contributed by atoms with Crippen molar-refractivity contribution in [2.45, 2.75) is 32.1 Å². The Balaban J connectivity index is 2.05. The fourth-order valence-electron chi connectivity index (χ4n) is 2.74. The summed E-state index contributed by atoms with van der Waals surface area (Å²) in [6.07, 6.45) is 1.32. The predicted octanol–water partition coefficient (Wildman–Crippen LogP) is 5.85. The van der Waals surface area contributed by atoms with Crippen LogP contribution in [-0.4, -0.2) is 18.2 Å². The summed E-state index contributed by atoms with van der Waals surface area (Å²) in [5.74, 6) is 0. The first-order chi connectivity index (χ1) is 12.1. The largest absolute Gasteiger partial charge is 0.345 e. The molecule has 0 radical (unpaired) electrons. The van der Waals surface area contributed by atoms with E-state index in [1.807, 2.05) is 12.1 Å². The van der Waals surface area contributed by atoms with Gasteiger partial charge in [-0.3, -0.25) is 0 Å². The average Bonchev–Trinajstić information content (AvgIpc) is 3.24. The summed E-state index contributed by atoms with van der Waals surface area (Å²) in [6, 6.07) is 4.87. The Labute approximate surface area is 159 Å². The number of aryl methyl sites for hydroxylation is 1. The molecule has 1 unspecified atom stereocenters. The number of nitrogens with zero attached hydrogens (tertiary/aromatic N) is 4. The monoisotopic (exact) mass is 398 g/mol. The number of hydrogen-bond acceptors (Lipinski definition) is 5. The Kier molecular flexibility index (Phi) is 6.17. The van der Waals surface area contributed by atoms with Crippen LogP contribution in [0, 0.1) is 0 Å². The summed E-state index contributed by atoms with van der Waals surface area (Å²) >= 11 is 13.9. The lowest BCUT2D eigenvalue weighted by atomic mass is 9.99. The van der Waals surface area contributed by atoms with Gasteiger partial charge < -0.3 is 9.47 Å². The third-order valence-electron chi connectivity index (χ3n) is 3.80. The molecule has 132 valence electrons. The van der Waals surface area contributed by atoms with Crippen molar-refractivity contribution in [2.24, 2.45) is 5.11 Å². The highest BCUT2D eigenvalue weighted by Gasteiger charge is 2.27. The Hall–Kier alpha value is -1.34. The highest BCUT2D eigenvalue weighted by Crippen LogP contribution is 2.41. The maximum absolute atomic E-state index is 9.07. The SMILES string of the molecule is CCCc1ccc(Cl)nc1C(N=[N+]=[N-])c1cc(C2OCCO2)sc1Cl. The van der Waals surface area contributed by atoms with E-state index >= 15 is 0 Å². The number of pyridine rings is 1. The highest BCUT2D eigenvalue weighted by molar-refractivity contribution is 7.16. The molecule has 0 bridgehead atoms. The summed E-state index contributed by atoms with van der Waals surface area (Å²) < 4.78 is 11.6. The van der Waals surface area contributed by atoms with Crippen LogP contribution in [0.1, 0.15) is 47.4 Å². The van der Waals surface area contributed by atoms with Gasteiger partial charge in [0.2, 0.25) is 0 Å². The van der Waals surface area contributed by atoms with Crippen LogP contribution in [0.4, 0.5) is 0 Å². The molecule has 0 aromatic carbocycles. The number of rotatable bonds is 6. The highest BCUT2D eigenvalue weighted by atomic mass is 35.5. The molecule has 1 aliphatic rings. The van der Waals surface area contributed by atoms with E-state index in [1.54, 1.807) is 6.07 Å². The minimum absolute atomic E-state index is 0.349. The van der Waals surface area contributed by atoms with Gasteiger partial charge in [0.1, 0.15) is 11.2 Å². The molecule has 2 aromatic heterocycles. The maximum atomic E-state index is 9.07. The molecule has 3 heterocycles. The summed E-state index contributed by atoms with van der Waals surface area (Å²) in [6.45, 7) is 3.17. The minimum Gasteiger partial charge on any atom is -0.345 e. The Morgan fingerprint density at radius 2 is 2.16 bits per heavy atom. The van der Waals surface area contributed by atoms with Crippen LogP contribution in [0.5, 0.6) is 0 Å². The lowest BCUT2D eigenvalue weighted by Crippen LogP contribution is -2.05. The van der Waals surface area contributed by atoms with Crippen molar-refractivity contribution in [1.29, 1.82) is 0 Å². The summed E-state index contributed by atoms with van der Waals surface area (Å²) in [5.41, 5.74) is 11.4. The van der Waals surface area contributed by atoms with Crippen LogP contribution < -0.4 is 0 Å². The zero-order valence-electron chi connectivity index (χ0n) is 13.5. The van der Waals surface area contributed by atoms with E-state index in [1.165, 1.54) is 11.3 Å². The number of ether oxygens (including phenoxy) is 2. The second-order valence-electron chi connectivity index (χ2n) is 5.49. The van der Waals surface area contributed by atoms with E-state index in [4.69, 9.17) is 38.2 Å². The quantitative estimate of drug-likeness (QED) is 0.265. The van der Waals surface area contributed by atoms with Gasteiger partial charge in [-0.25, -0.2) is 4.98 Å². The second-order valence-corrected chi connectivity index (χ2v) is 7.56. The van der Waals surface area contributed by atoms with E-state index in [-0.39, 0.29) is 0 Å². The zero-order valence-corrected chi connectivity index (χ0v) is 15.8. The van der Waals surface area contributed by atoms with E-state index < -0.39 is 12.3 Å². The molecule has 1 fully saturated rings. The number of hydrogen-bond donors (Lipinski definition) is 0. The standard InChI is InChI=1S/C16H16Cl2N4O2S/c1-2-3-9-4-5-12(17)20-13(9)14(21-22-19)10-8-11(25-15(10)18)16-23-6-7-24-16/h4-5,8,14,16H,2-3,6-7H2,1H3. The van der Waals surface area contributed by atoms with E-state index in [0.29, 0.717) is 34.0 Å². The molecule has 2 aromatic rings. The molecular weight excluding hydrogens is 383 g/mol. The van der Waals surface area contributed by atoms with Crippen molar-refractivity contribution < 1.29 is 9.47 Å². The zero-order chi connectivity index (χ0) is 17.8. The fourth-order valence-corrected chi connectivity index (χ4v) is 4.23. The molecule has 0 aliphatic carbocycles. The van der Waals surface area contributed by atoms with Gasteiger partial charge in [0.15, 0.2) is 6.29 Å². The molecule has 25 heavy (non-hydrogen) atoms. The van der Waals surface area contributed by atoms with Gasteiger partial charge in [0.05, 0.1) is 28.1 Å². The number of thiophene rings is 1. The first-order valence-electron chi connectivity index (χ1n) is 7.86. The normalized spacial score (nSPS) is 16.0. The molecule has 6 nitrogen and oxygen atoms in total. The molecular formula is C16H16Cl2N4O2S. The van der Waals surface area contributed by atoms with Gasteiger partial charge >= 0.3 is 0 Å².